The van der Waals surface area contributed by atoms with Crippen molar-refractivity contribution in [3.8, 4) is 69.0 Å². The molecule has 2 aliphatic carbocycles. The molecule has 27 nitrogen and oxygen atoms in total. The van der Waals surface area contributed by atoms with Crippen molar-refractivity contribution in [3.05, 3.63) is 374 Å². The number of piperidine rings is 1. The number of carbonyl (C=O) groups excluding carboxylic acids is 6. The Labute approximate surface area is 872 Å². The molecule has 4 fully saturated rings. The molecule has 0 bridgehead atoms. The minimum Gasteiger partial charge on any atom is -0.454 e. The third kappa shape index (κ3) is 28.7. The summed E-state index contributed by atoms with van der Waals surface area (Å²) in [4.78, 5) is 79.2. The molecule has 2 saturated carbocycles. The number of ether oxygens (including phenoxy) is 13. The van der Waals surface area contributed by atoms with E-state index in [1.165, 1.54) is 17.8 Å². The standard InChI is InChI=1S/C22H24N2O3.C21H16N2O3.C20H19NO4.C20H15NO3S.C20H19NO3.C19H17NO3/c1-24-12-10-18(11-13-24)22(25)23-19-7-4-16(5-8-19)2-3-17-6-9-20-21(14-17)27-15-26-20;24-21(18-3-1-2-12-22-18)23-17-9-6-15(7-10-17)4-5-16-8-11-19-20(13-16)26-14-25-19;22-20(18-2-1-11-23-18)21-16-8-5-14(6-9-16)3-4-15-7-10-17-19(12-15)25-13-24-17;22-20(19-2-1-11-25-19)21-16-8-5-14(6-9-16)3-4-15-7-10-17-18(12-15)24-13-23-17;22-20(16-2-1-3-16)21-17-9-6-14(7-10-17)4-5-15-8-11-18-19(12-15)24-13-23-18;21-19(15-6-7-15)20-16-8-3-13(4-9-16)1-2-14-5-10-17-18(11-14)23-12-22-17/h2-9,14,18H,10-13,15H2,1H3,(H,23,25);1-13H,14H2,(H,23,24);3-10,12,18H,1-2,11,13H2,(H,21,22);1-12H,13H2,(H,21,22);4-12,16H,1-3,13H2,(H,21,22);1-5,8-11,15H,6-7,12H2,(H,20,21)/b3-2+;5-4+;2*4-3+;5-4+;2-1+. The highest BCUT2D eigenvalue weighted by atomic mass is 32.1. The Morgan fingerprint density at radius 3 is 0.813 bits per heavy atom. The average molecular weight is 2020 g/mol. The summed E-state index contributed by atoms with van der Waals surface area (Å²) in [5, 5.41) is 19.5. The SMILES string of the molecule is CN1CCC(C(=O)Nc2ccc(/C=C/c3ccc4c(c3)OCO4)cc2)CC1.O=C(Nc1ccc(/C=C/c2ccc3c(c2)OCO3)cc1)C1CC1.O=C(Nc1ccc(/C=C/c2ccc3c(c2)OCO3)cc1)C1CCC1.O=C(Nc1ccc(/C=C/c2ccc3c(c2)OCO3)cc1)C1CCCO1.O=C(Nc1ccc(/C=C/c2ccc3c(c2)OCO3)cc1)c1ccccn1.O=C(Nc1ccc(/C=C/c2ccc3c(c2)OCO3)cc1)c1cccs1. The van der Waals surface area contributed by atoms with Crippen LogP contribution in [0.25, 0.3) is 72.9 Å². The van der Waals surface area contributed by atoms with Gasteiger partial charge in [0.05, 0.1) is 4.88 Å². The summed E-state index contributed by atoms with van der Waals surface area (Å²) in [6.45, 7) is 4.34. The van der Waals surface area contributed by atoms with Gasteiger partial charge < -0.3 is 98.4 Å². The predicted molar refractivity (Wildman–Crippen MR) is 586 cm³/mol. The zero-order valence-electron chi connectivity index (χ0n) is 82.3. The van der Waals surface area contributed by atoms with Gasteiger partial charge in [-0.25, -0.2) is 0 Å². The van der Waals surface area contributed by atoms with Crippen molar-refractivity contribution in [2.24, 2.45) is 17.8 Å². The van der Waals surface area contributed by atoms with Crippen LogP contribution in [0.1, 0.15) is 145 Å². The summed E-state index contributed by atoms with van der Waals surface area (Å²) >= 11 is 1.43. The number of amides is 6. The van der Waals surface area contributed by atoms with E-state index in [0.717, 1.165) is 234 Å². The lowest BCUT2D eigenvalue weighted by atomic mass is 9.85. The molecule has 12 aromatic carbocycles. The first-order valence-corrected chi connectivity index (χ1v) is 50.6. The number of hydrogen-bond donors (Lipinski definition) is 6. The lowest BCUT2D eigenvalue weighted by Gasteiger charge is -2.28. The number of thiophene rings is 1. The van der Waals surface area contributed by atoms with E-state index in [0.29, 0.717) is 17.2 Å². The van der Waals surface area contributed by atoms with E-state index in [1.54, 1.807) is 24.4 Å². The second-order valence-electron chi connectivity index (χ2n) is 36.4. The van der Waals surface area contributed by atoms with Gasteiger partial charge in [0.15, 0.2) is 69.0 Å². The Kier molecular flexibility index (Phi) is 33.6. The predicted octanol–water partition coefficient (Wildman–Crippen LogP) is 25.0. The Balaban J connectivity index is 0.000000113. The molecular formula is C122H110N8O19S. The summed E-state index contributed by atoms with van der Waals surface area (Å²) in [5.74, 6) is 9.93. The monoisotopic (exact) mass is 2020 g/mol. The van der Waals surface area contributed by atoms with Gasteiger partial charge in [0.25, 0.3) is 17.7 Å². The van der Waals surface area contributed by atoms with Crippen LogP contribution in [0.2, 0.25) is 0 Å². The van der Waals surface area contributed by atoms with Crippen molar-refractivity contribution in [1.29, 1.82) is 0 Å². The Morgan fingerprint density at radius 1 is 0.273 bits per heavy atom. The van der Waals surface area contributed by atoms with Gasteiger partial charge in [-0.1, -0.05) is 201 Å². The normalized spacial score (nSPS) is 15.5. The molecule has 758 valence electrons. The fourth-order valence-corrected chi connectivity index (χ4v) is 17.3. The molecule has 2 saturated heterocycles. The van der Waals surface area contributed by atoms with E-state index >= 15 is 0 Å². The first-order valence-electron chi connectivity index (χ1n) is 49.7. The van der Waals surface area contributed by atoms with Gasteiger partial charge in [0.2, 0.25) is 58.5 Å². The molecule has 6 amide bonds. The summed E-state index contributed by atoms with van der Waals surface area (Å²) in [7, 11) is 2.10. The number of hydrogen-bond acceptors (Lipinski definition) is 22. The fraction of sp³-hybridized carbons (Fsp3) is 0.189. The van der Waals surface area contributed by atoms with Gasteiger partial charge in [0, 0.05) is 64.7 Å². The van der Waals surface area contributed by atoms with E-state index in [4.69, 9.17) is 61.6 Å². The average Bonchev–Trinajstić information content (AvgIpc) is 1.44. The maximum absolute atomic E-state index is 12.4. The smallest absolute Gasteiger partial charge is 0.274 e. The molecule has 24 rings (SSSR count). The number of nitrogens with one attached hydrogen (secondary N) is 6. The highest BCUT2D eigenvalue weighted by molar-refractivity contribution is 7.12. The zero-order chi connectivity index (χ0) is 103. The zero-order valence-corrected chi connectivity index (χ0v) is 83.1. The molecule has 0 radical (unpaired) electrons. The molecule has 2 aromatic heterocycles. The van der Waals surface area contributed by atoms with E-state index in [-0.39, 0.29) is 100 Å². The largest absolute Gasteiger partial charge is 0.454 e. The van der Waals surface area contributed by atoms with E-state index in [9.17, 15) is 28.8 Å². The number of carbonyl (C=O) groups is 6. The van der Waals surface area contributed by atoms with Crippen molar-refractivity contribution in [2.75, 3.05) is 99.4 Å². The second kappa shape index (κ2) is 49.9. The quantitative estimate of drug-likeness (QED) is 0.0306. The van der Waals surface area contributed by atoms with E-state index in [2.05, 4.69) is 48.8 Å². The maximum Gasteiger partial charge on any atom is 0.274 e. The summed E-state index contributed by atoms with van der Waals surface area (Å²) < 4.78 is 69.5. The lowest BCUT2D eigenvalue weighted by molar-refractivity contribution is -0.125. The van der Waals surface area contributed by atoms with Gasteiger partial charge in [-0.2, -0.15) is 0 Å². The summed E-state index contributed by atoms with van der Waals surface area (Å²) in [5.41, 5.74) is 17.8. The third-order valence-corrected chi connectivity index (χ3v) is 26.5. The van der Waals surface area contributed by atoms with E-state index in [1.807, 2.05) is 345 Å². The number of pyridine rings is 1. The Hall–Kier alpha value is -17.7. The summed E-state index contributed by atoms with van der Waals surface area (Å²) in [6.07, 6.45) is 34.4. The molecular weight excluding hydrogens is 1910 g/mol. The van der Waals surface area contributed by atoms with Crippen LogP contribution in [-0.4, -0.2) is 119 Å². The number of aromatic nitrogens is 1. The number of nitrogens with zero attached hydrogens (tertiary/aromatic N) is 2. The second-order valence-corrected chi connectivity index (χ2v) is 37.4. The van der Waals surface area contributed by atoms with Gasteiger partial charge in [-0.3, -0.25) is 33.8 Å². The molecule has 150 heavy (non-hydrogen) atoms. The van der Waals surface area contributed by atoms with Crippen LogP contribution in [-0.2, 0) is 23.9 Å². The maximum atomic E-state index is 12.4. The first-order chi connectivity index (χ1) is 73.5. The lowest BCUT2D eigenvalue weighted by Crippen LogP contribution is -2.35. The molecule has 10 heterocycles. The molecule has 8 aliphatic heterocycles. The van der Waals surface area contributed by atoms with Gasteiger partial charge in [-0.15, -0.1) is 11.3 Å². The van der Waals surface area contributed by atoms with Crippen molar-refractivity contribution in [2.45, 2.75) is 63.9 Å². The van der Waals surface area contributed by atoms with Crippen molar-refractivity contribution in [3.63, 3.8) is 0 Å². The fourth-order valence-electron chi connectivity index (χ4n) is 16.6. The number of likely N-dealkylation sites (tertiary alicyclic amines) is 1. The van der Waals surface area contributed by atoms with Crippen molar-refractivity contribution < 1.29 is 90.3 Å². The molecule has 28 heteroatoms. The Bertz CT molecular complexity index is 7260. The summed E-state index contributed by atoms with van der Waals surface area (Å²) in [6, 6.07) is 90.8. The van der Waals surface area contributed by atoms with E-state index < -0.39 is 0 Å². The number of fused-ring (bicyclic) bond motifs is 6. The molecule has 1 unspecified atom stereocenters. The number of benzene rings is 12. The van der Waals surface area contributed by atoms with Crippen molar-refractivity contribution in [1.82, 2.24) is 9.88 Å². The molecule has 10 aliphatic rings. The molecule has 0 spiro atoms. The molecule has 1 atom stereocenters. The first kappa shape index (κ1) is 101. The van der Waals surface area contributed by atoms with Crippen LogP contribution in [0.15, 0.2) is 297 Å². The molecule has 14 aromatic rings. The van der Waals surface area contributed by atoms with Crippen LogP contribution in [0.4, 0.5) is 34.1 Å². The minimum atomic E-state index is -0.314. The van der Waals surface area contributed by atoms with Gasteiger partial charge in [-0.05, 0) is 307 Å². The molecule has 6 N–H and O–H groups in total. The van der Waals surface area contributed by atoms with Crippen LogP contribution >= 0.6 is 11.3 Å². The van der Waals surface area contributed by atoms with Crippen LogP contribution < -0.4 is 88.7 Å². The van der Waals surface area contributed by atoms with Gasteiger partial charge >= 0.3 is 0 Å². The van der Waals surface area contributed by atoms with Gasteiger partial charge in [0.1, 0.15) is 11.8 Å². The topological polar surface area (TPSA) is 311 Å². The van der Waals surface area contributed by atoms with Crippen molar-refractivity contribution >= 4 is 154 Å². The highest BCUT2D eigenvalue weighted by Crippen LogP contribution is 2.41. The number of rotatable bonds is 24. The van der Waals surface area contributed by atoms with Crippen LogP contribution in [0.3, 0.4) is 0 Å². The third-order valence-electron chi connectivity index (χ3n) is 25.6. The Morgan fingerprint density at radius 2 is 0.547 bits per heavy atom. The van der Waals surface area contributed by atoms with Crippen LogP contribution in [0, 0.1) is 17.8 Å². The number of anilines is 6. The highest BCUT2D eigenvalue weighted by Gasteiger charge is 2.31. The van der Waals surface area contributed by atoms with Crippen LogP contribution in [0.5, 0.6) is 69.0 Å². The minimum absolute atomic E-state index is 0.0684.